The number of piperidine rings is 1. The van der Waals surface area contributed by atoms with E-state index < -0.39 is 0 Å². The number of rotatable bonds is 5. The molecule has 2 unspecified atom stereocenters. The lowest BCUT2D eigenvalue weighted by molar-refractivity contribution is 0.0923. The van der Waals surface area contributed by atoms with Crippen molar-refractivity contribution in [1.82, 2.24) is 19.8 Å². The molecular formula is C15H26N4. The van der Waals surface area contributed by atoms with Gasteiger partial charge in [0.05, 0.1) is 18.1 Å². The SMILES string of the molecule is CCN1CCCC(CNC)C1c1cncn1C1CC1. The molecule has 0 spiro atoms. The third-order valence-electron chi connectivity index (χ3n) is 4.67. The molecule has 1 N–H and O–H groups in total. The van der Waals surface area contributed by atoms with Crippen molar-refractivity contribution < 1.29 is 0 Å². The minimum absolute atomic E-state index is 0.550. The molecule has 0 bridgehead atoms. The van der Waals surface area contributed by atoms with Crippen LogP contribution in [0.5, 0.6) is 0 Å². The van der Waals surface area contributed by atoms with Gasteiger partial charge in [0.25, 0.3) is 0 Å². The summed E-state index contributed by atoms with van der Waals surface area (Å²) in [4.78, 5) is 7.08. The first-order valence-electron chi connectivity index (χ1n) is 7.75. The number of nitrogens with zero attached hydrogens (tertiary/aromatic N) is 3. The standard InChI is InChI=1S/C15H26N4/c1-3-18-8-4-5-12(9-16-2)15(18)14-10-17-11-19(14)13-6-7-13/h10-13,15-16H,3-9H2,1-2H3. The van der Waals surface area contributed by atoms with Crippen molar-refractivity contribution in [2.75, 3.05) is 26.7 Å². The summed E-state index contributed by atoms with van der Waals surface area (Å²) in [7, 11) is 2.07. The van der Waals surface area contributed by atoms with Gasteiger partial charge >= 0.3 is 0 Å². The monoisotopic (exact) mass is 262 g/mol. The van der Waals surface area contributed by atoms with Gasteiger partial charge in [-0.2, -0.15) is 0 Å². The first-order valence-corrected chi connectivity index (χ1v) is 7.75. The van der Waals surface area contributed by atoms with Gasteiger partial charge in [-0.1, -0.05) is 6.92 Å². The summed E-state index contributed by atoms with van der Waals surface area (Å²) >= 11 is 0. The molecule has 1 saturated heterocycles. The summed E-state index contributed by atoms with van der Waals surface area (Å²) in [5, 5.41) is 3.38. The van der Waals surface area contributed by atoms with E-state index in [1.807, 2.05) is 6.33 Å². The average Bonchev–Trinajstić information content (AvgIpc) is 3.17. The van der Waals surface area contributed by atoms with E-state index in [4.69, 9.17) is 0 Å². The second kappa shape index (κ2) is 5.63. The van der Waals surface area contributed by atoms with Gasteiger partial charge in [-0.3, -0.25) is 4.90 Å². The molecule has 1 aliphatic carbocycles. The second-order valence-corrected chi connectivity index (χ2v) is 5.99. The lowest BCUT2D eigenvalue weighted by atomic mass is 9.87. The van der Waals surface area contributed by atoms with Gasteiger partial charge in [-0.25, -0.2) is 4.98 Å². The Kier molecular flexibility index (Phi) is 3.89. The summed E-state index contributed by atoms with van der Waals surface area (Å²) < 4.78 is 2.45. The fraction of sp³-hybridized carbons (Fsp3) is 0.800. The maximum absolute atomic E-state index is 4.44. The summed E-state index contributed by atoms with van der Waals surface area (Å²) in [6.07, 6.45) is 9.48. The maximum atomic E-state index is 4.44. The van der Waals surface area contributed by atoms with Gasteiger partial charge in [-0.05, 0) is 58.3 Å². The van der Waals surface area contributed by atoms with Crippen LogP contribution in [-0.2, 0) is 0 Å². The van der Waals surface area contributed by atoms with Crippen LogP contribution >= 0.6 is 0 Å². The quantitative estimate of drug-likeness (QED) is 0.883. The Bertz CT molecular complexity index is 408. The Labute approximate surface area is 116 Å². The third-order valence-corrected chi connectivity index (χ3v) is 4.67. The lowest BCUT2D eigenvalue weighted by Crippen LogP contribution is -2.42. The van der Waals surface area contributed by atoms with Crippen LogP contribution in [0.25, 0.3) is 0 Å². The van der Waals surface area contributed by atoms with Gasteiger partial charge in [0.1, 0.15) is 0 Å². The van der Waals surface area contributed by atoms with E-state index >= 15 is 0 Å². The minimum Gasteiger partial charge on any atom is -0.330 e. The number of aromatic nitrogens is 2. The van der Waals surface area contributed by atoms with Crippen LogP contribution in [0.1, 0.15) is 50.4 Å². The maximum Gasteiger partial charge on any atom is 0.0951 e. The van der Waals surface area contributed by atoms with E-state index in [0.29, 0.717) is 12.0 Å². The minimum atomic E-state index is 0.550. The molecule has 1 aliphatic heterocycles. The molecule has 106 valence electrons. The van der Waals surface area contributed by atoms with Gasteiger partial charge < -0.3 is 9.88 Å². The predicted octanol–water partition coefficient (Wildman–Crippen LogP) is 2.21. The van der Waals surface area contributed by atoms with Crippen molar-refractivity contribution in [2.45, 2.75) is 44.7 Å². The molecule has 3 rings (SSSR count). The van der Waals surface area contributed by atoms with E-state index in [1.165, 1.54) is 37.9 Å². The van der Waals surface area contributed by atoms with Crippen LogP contribution < -0.4 is 5.32 Å². The highest BCUT2D eigenvalue weighted by atomic mass is 15.2. The Morgan fingerprint density at radius 1 is 1.37 bits per heavy atom. The molecule has 2 aliphatic rings. The van der Waals surface area contributed by atoms with Crippen LogP contribution in [0, 0.1) is 5.92 Å². The molecule has 0 amide bonds. The third kappa shape index (κ3) is 2.56. The van der Waals surface area contributed by atoms with Crippen LogP contribution in [0.4, 0.5) is 0 Å². The highest BCUT2D eigenvalue weighted by molar-refractivity contribution is 5.12. The van der Waals surface area contributed by atoms with Crippen molar-refractivity contribution in [2.24, 2.45) is 5.92 Å². The summed E-state index contributed by atoms with van der Waals surface area (Å²) in [5.41, 5.74) is 1.45. The molecule has 19 heavy (non-hydrogen) atoms. The normalized spacial score (nSPS) is 28.7. The molecule has 2 atom stereocenters. The Morgan fingerprint density at radius 3 is 2.89 bits per heavy atom. The number of hydrogen-bond acceptors (Lipinski definition) is 3. The largest absolute Gasteiger partial charge is 0.330 e. The molecule has 2 heterocycles. The number of likely N-dealkylation sites (tertiary alicyclic amines) is 1. The van der Waals surface area contributed by atoms with Gasteiger partial charge in [-0.15, -0.1) is 0 Å². The highest BCUT2D eigenvalue weighted by Crippen LogP contribution is 2.41. The molecule has 0 radical (unpaired) electrons. The zero-order valence-electron chi connectivity index (χ0n) is 12.2. The van der Waals surface area contributed by atoms with Crippen LogP contribution in [0.2, 0.25) is 0 Å². The fourth-order valence-electron chi connectivity index (χ4n) is 3.61. The summed E-state index contributed by atoms with van der Waals surface area (Å²) in [6, 6.07) is 1.28. The number of hydrogen-bond donors (Lipinski definition) is 1. The second-order valence-electron chi connectivity index (χ2n) is 5.99. The molecule has 1 aromatic heterocycles. The summed E-state index contributed by atoms with van der Waals surface area (Å²) in [5.74, 6) is 0.716. The van der Waals surface area contributed by atoms with Crippen molar-refractivity contribution in [3.63, 3.8) is 0 Å². The molecule has 0 aromatic carbocycles. The van der Waals surface area contributed by atoms with Crippen molar-refractivity contribution in [1.29, 1.82) is 0 Å². The molecule has 1 aromatic rings. The first kappa shape index (κ1) is 13.1. The van der Waals surface area contributed by atoms with Crippen molar-refractivity contribution in [3.8, 4) is 0 Å². The highest BCUT2D eigenvalue weighted by Gasteiger charge is 2.36. The topological polar surface area (TPSA) is 33.1 Å². The summed E-state index contributed by atoms with van der Waals surface area (Å²) in [6.45, 7) is 5.77. The van der Waals surface area contributed by atoms with Gasteiger partial charge in [0.15, 0.2) is 0 Å². The van der Waals surface area contributed by atoms with E-state index in [2.05, 4.69) is 39.9 Å². The van der Waals surface area contributed by atoms with Crippen molar-refractivity contribution >= 4 is 0 Å². The Morgan fingerprint density at radius 2 is 2.21 bits per heavy atom. The van der Waals surface area contributed by atoms with E-state index in [0.717, 1.165) is 19.1 Å². The van der Waals surface area contributed by atoms with E-state index in [-0.39, 0.29) is 0 Å². The van der Waals surface area contributed by atoms with E-state index in [9.17, 15) is 0 Å². The Hall–Kier alpha value is -0.870. The van der Waals surface area contributed by atoms with Crippen LogP contribution in [0.3, 0.4) is 0 Å². The molecule has 4 heteroatoms. The number of nitrogens with one attached hydrogen (secondary N) is 1. The molecular weight excluding hydrogens is 236 g/mol. The lowest BCUT2D eigenvalue weighted by Gasteiger charge is -2.41. The predicted molar refractivity (Wildman–Crippen MR) is 77.1 cm³/mol. The first-order chi connectivity index (χ1) is 9.35. The van der Waals surface area contributed by atoms with E-state index in [1.54, 1.807) is 0 Å². The molecule has 1 saturated carbocycles. The number of imidazole rings is 1. The molecule has 4 nitrogen and oxygen atoms in total. The van der Waals surface area contributed by atoms with Crippen LogP contribution in [0.15, 0.2) is 12.5 Å². The fourth-order valence-corrected chi connectivity index (χ4v) is 3.61. The van der Waals surface area contributed by atoms with Gasteiger partial charge in [0.2, 0.25) is 0 Å². The van der Waals surface area contributed by atoms with Gasteiger partial charge in [0, 0.05) is 12.2 Å². The smallest absolute Gasteiger partial charge is 0.0951 e. The molecule has 2 fully saturated rings. The zero-order chi connectivity index (χ0) is 13.2. The average molecular weight is 262 g/mol. The van der Waals surface area contributed by atoms with Crippen LogP contribution in [-0.4, -0.2) is 41.1 Å². The van der Waals surface area contributed by atoms with Crippen molar-refractivity contribution in [3.05, 3.63) is 18.2 Å². The Balaban J connectivity index is 1.89. The zero-order valence-corrected chi connectivity index (χ0v) is 12.2.